The zero-order valence-electron chi connectivity index (χ0n) is 11.2. The van der Waals surface area contributed by atoms with Crippen molar-refractivity contribution in [3.63, 3.8) is 0 Å². The van der Waals surface area contributed by atoms with Gasteiger partial charge in [-0.25, -0.2) is 0 Å². The van der Waals surface area contributed by atoms with Gasteiger partial charge in [0.15, 0.2) is 0 Å². The highest BCUT2D eigenvalue weighted by molar-refractivity contribution is 4.89. The molecule has 1 atom stereocenters. The van der Waals surface area contributed by atoms with E-state index in [2.05, 4.69) is 32.3 Å². The van der Waals surface area contributed by atoms with E-state index in [0.717, 1.165) is 25.7 Å². The molecular weight excluding hydrogens is 196 g/mol. The third kappa shape index (κ3) is 5.13. The summed E-state index contributed by atoms with van der Waals surface area (Å²) in [6, 6.07) is 0.812. The van der Waals surface area contributed by atoms with Gasteiger partial charge in [-0.1, -0.05) is 26.8 Å². The van der Waals surface area contributed by atoms with Crippen molar-refractivity contribution in [1.82, 2.24) is 4.90 Å². The molecule has 2 nitrogen and oxygen atoms in total. The number of nitrogens with two attached hydrogens (primary N) is 1. The molecule has 0 radical (unpaired) electrons. The van der Waals surface area contributed by atoms with Gasteiger partial charge in [-0.05, 0) is 37.1 Å². The Morgan fingerprint density at radius 2 is 2.06 bits per heavy atom. The average molecular weight is 224 g/mol. The van der Waals surface area contributed by atoms with Gasteiger partial charge in [-0.15, -0.1) is 6.58 Å². The van der Waals surface area contributed by atoms with Gasteiger partial charge >= 0.3 is 0 Å². The van der Waals surface area contributed by atoms with Crippen LogP contribution in [-0.2, 0) is 0 Å². The standard InChI is InChI=1S/C14H28N2/c1-5-8-16(13-6-7-13)11-12(10-15)9-14(2,3)4/h5,12-13H,1,6-11,15H2,2-4H3. The fraction of sp³-hybridized carbons (Fsp3) is 0.857. The van der Waals surface area contributed by atoms with Crippen LogP contribution in [0.3, 0.4) is 0 Å². The molecule has 0 bridgehead atoms. The van der Waals surface area contributed by atoms with E-state index in [-0.39, 0.29) is 0 Å². The van der Waals surface area contributed by atoms with Crippen molar-refractivity contribution < 1.29 is 0 Å². The van der Waals surface area contributed by atoms with E-state index in [9.17, 15) is 0 Å². The summed E-state index contributed by atoms with van der Waals surface area (Å²) in [6.07, 6.45) is 5.95. The van der Waals surface area contributed by atoms with E-state index in [1.807, 2.05) is 6.08 Å². The Labute approximate surface area is 101 Å². The second-order valence-electron chi connectivity index (χ2n) is 6.34. The molecule has 0 heterocycles. The zero-order chi connectivity index (χ0) is 12.2. The maximum Gasteiger partial charge on any atom is 0.0163 e. The molecule has 1 unspecified atom stereocenters. The van der Waals surface area contributed by atoms with Crippen LogP contribution in [0.15, 0.2) is 12.7 Å². The molecule has 0 aromatic heterocycles. The van der Waals surface area contributed by atoms with E-state index in [1.54, 1.807) is 0 Å². The Balaban J connectivity index is 2.42. The van der Waals surface area contributed by atoms with Crippen LogP contribution in [0.2, 0.25) is 0 Å². The zero-order valence-corrected chi connectivity index (χ0v) is 11.2. The first-order chi connectivity index (χ1) is 7.46. The van der Waals surface area contributed by atoms with Gasteiger partial charge in [0.05, 0.1) is 0 Å². The lowest BCUT2D eigenvalue weighted by Gasteiger charge is -2.30. The van der Waals surface area contributed by atoms with Crippen molar-refractivity contribution in [3.8, 4) is 0 Å². The van der Waals surface area contributed by atoms with Gasteiger partial charge in [0.25, 0.3) is 0 Å². The van der Waals surface area contributed by atoms with E-state index in [1.165, 1.54) is 19.3 Å². The van der Waals surface area contributed by atoms with Crippen molar-refractivity contribution in [2.24, 2.45) is 17.1 Å². The SMILES string of the molecule is C=CCN(CC(CN)CC(C)(C)C)C1CC1. The van der Waals surface area contributed by atoms with E-state index >= 15 is 0 Å². The maximum absolute atomic E-state index is 5.89. The lowest BCUT2D eigenvalue weighted by molar-refractivity contribution is 0.201. The lowest BCUT2D eigenvalue weighted by atomic mass is 9.84. The molecule has 2 N–H and O–H groups in total. The molecule has 0 saturated heterocycles. The van der Waals surface area contributed by atoms with Crippen LogP contribution in [0, 0.1) is 11.3 Å². The molecule has 1 aliphatic carbocycles. The summed E-state index contributed by atoms with van der Waals surface area (Å²) in [5.41, 5.74) is 6.27. The van der Waals surface area contributed by atoms with Crippen LogP contribution in [-0.4, -0.2) is 30.6 Å². The number of hydrogen-bond donors (Lipinski definition) is 1. The molecule has 0 spiro atoms. The molecule has 1 aliphatic rings. The molecular formula is C14H28N2. The fourth-order valence-electron chi connectivity index (χ4n) is 2.40. The summed E-state index contributed by atoms with van der Waals surface area (Å²) in [7, 11) is 0. The average Bonchev–Trinajstić information content (AvgIpc) is 2.97. The molecule has 1 saturated carbocycles. The molecule has 0 amide bonds. The molecule has 2 heteroatoms. The van der Waals surface area contributed by atoms with E-state index < -0.39 is 0 Å². The van der Waals surface area contributed by atoms with Crippen molar-refractivity contribution >= 4 is 0 Å². The fourth-order valence-corrected chi connectivity index (χ4v) is 2.40. The first kappa shape index (κ1) is 13.7. The predicted octanol–water partition coefficient (Wildman–Crippen LogP) is 2.65. The lowest BCUT2D eigenvalue weighted by Crippen LogP contribution is -2.36. The molecule has 1 rings (SSSR count). The normalized spacial score (nSPS) is 18.8. The Hall–Kier alpha value is -0.340. The van der Waals surface area contributed by atoms with Crippen LogP contribution in [0.25, 0.3) is 0 Å². The first-order valence-corrected chi connectivity index (χ1v) is 6.51. The van der Waals surface area contributed by atoms with E-state index in [0.29, 0.717) is 11.3 Å². The van der Waals surface area contributed by atoms with Gasteiger partial charge in [-0.2, -0.15) is 0 Å². The van der Waals surface area contributed by atoms with Crippen LogP contribution >= 0.6 is 0 Å². The molecule has 16 heavy (non-hydrogen) atoms. The summed E-state index contributed by atoms with van der Waals surface area (Å²) >= 11 is 0. The highest BCUT2D eigenvalue weighted by Gasteiger charge is 2.30. The second-order valence-corrected chi connectivity index (χ2v) is 6.34. The first-order valence-electron chi connectivity index (χ1n) is 6.51. The van der Waals surface area contributed by atoms with Crippen molar-refractivity contribution in [2.75, 3.05) is 19.6 Å². The smallest absolute Gasteiger partial charge is 0.0163 e. The number of nitrogens with zero attached hydrogens (tertiary/aromatic N) is 1. The largest absolute Gasteiger partial charge is 0.330 e. The number of hydrogen-bond acceptors (Lipinski definition) is 2. The van der Waals surface area contributed by atoms with Gasteiger partial charge in [-0.3, -0.25) is 4.90 Å². The minimum Gasteiger partial charge on any atom is -0.330 e. The molecule has 0 aliphatic heterocycles. The number of rotatable bonds is 7. The van der Waals surface area contributed by atoms with Crippen molar-refractivity contribution in [2.45, 2.75) is 46.1 Å². The summed E-state index contributed by atoms with van der Waals surface area (Å²) in [6.45, 7) is 13.7. The van der Waals surface area contributed by atoms with Gasteiger partial charge in [0.1, 0.15) is 0 Å². The summed E-state index contributed by atoms with van der Waals surface area (Å²) in [5, 5.41) is 0. The quantitative estimate of drug-likeness (QED) is 0.674. The second kappa shape index (κ2) is 5.83. The molecule has 0 aromatic carbocycles. The third-order valence-electron chi connectivity index (χ3n) is 3.15. The van der Waals surface area contributed by atoms with Crippen LogP contribution in [0.4, 0.5) is 0 Å². The Kier molecular flexibility index (Phi) is 5.00. The van der Waals surface area contributed by atoms with Crippen LogP contribution < -0.4 is 5.73 Å². The van der Waals surface area contributed by atoms with Crippen molar-refractivity contribution in [3.05, 3.63) is 12.7 Å². The predicted molar refractivity (Wildman–Crippen MR) is 71.4 cm³/mol. The minimum absolute atomic E-state index is 0.382. The summed E-state index contributed by atoms with van der Waals surface area (Å²) < 4.78 is 0. The van der Waals surface area contributed by atoms with Crippen molar-refractivity contribution in [1.29, 1.82) is 0 Å². The Morgan fingerprint density at radius 3 is 2.44 bits per heavy atom. The highest BCUT2D eigenvalue weighted by atomic mass is 15.2. The highest BCUT2D eigenvalue weighted by Crippen LogP contribution is 2.30. The third-order valence-corrected chi connectivity index (χ3v) is 3.15. The van der Waals surface area contributed by atoms with Crippen LogP contribution in [0.5, 0.6) is 0 Å². The summed E-state index contributed by atoms with van der Waals surface area (Å²) in [5.74, 6) is 0.626. The van der Waals surface area contributed by atoms with Gasteiger partial charge in [0.2, 0.25) is 0 Å². The minimum atomic E-state index is 0.382. The van der Waals surface area contributed by atoms with E-state index in [4.69, 9.17) is 5.73 Å². The molecule has 1 fully saturated rings. The molecule has 94 valence electrons. The van der Waals surface area contributed by atoms with Crippen LogP contribution in [0.1, 0.15) is 40.0 Å². The van der Waals surface area contributed by atoms with Gasteiger partial charge < -0.3 is 5.73 Å². The topological polar surface area (TPSA) is 29.3 Å². The Morgan fingerprint density at radius 1 is 1.44 bits per heavy atom. The monoisotopic (exact) mass is 224 g/mol. The molecule has 0 aromatic rings. The van der Waals surface area contributed by atoms with Gasteiger partial charge in [0, 0.05) is 19.1 Å². The Bertz CT molecular complexity index is 213. The maximum atomic E-state index is 5.89. The summed E-state index contributed by atoms with van der Waals surface area (Å²) in [4.78, 5) is 2.55.